The average Bonchev–Trinajstić information content (AvgIpc) is 2.63. The number of likely N-dealkylation sites (N-methyl/N-ethyl adjacent to an activating group) is 1. The summed E-state index contributed by atoms with van der Waals surface area (Å²) in [5.74, 6) is 0.919. The van der Waals surface area contributed by atoms with Crippen LogP contribution in [0.1, 0.15) is 39.5 Å². The van der Waals surface area contributed by atoms with Crippen LogP contribution in [0.5, 0.6) is 0 Å². The normalized spacial score (nSPS) is 17.2. The fourth-order valence-corrected chi connectivity index (χ4v) is 2.90. The Balaban J connectivity index is 1.95. The van der Waals surface area contributed by atoms with Gasteiger partial charge in [-0.2, -0.15) is 0 Å². The van der Waals surface area contributed by atoms with Crippen LogP contribution in [0.3, 0.4) is 0 Å². The first kappa shape index (κ1) is 21.2. The zero-order valence-corrected chi connectivity index (χ0v) is 16.1. The number of ether oxygens (including phenoxy) is 1. The third kappa shape index (κ3) is 10.1. The largest absolute Gasteiger partial charge is 0.382 e. The molecule has 0 spiro atoms. The number of unbranched alkanes of at least 4 members (excludes halogenated alkanes) is 2. The maximum absolute atomic E-state index is 5.34. The molecule has 0 bridgehead atoms. The topological polar surface area (TPSA) is 52.1 Å². The highest BCUT2D eigenvalue weighted by Gasteiger charge is 2.14. The minimum absolute atomic E-state index is 0.810. The van der Waals surface area contributed by atoms with Crippen LogP contribution in [-0.4, -0.2) is 88.4 Å². The van der Waals surface area contributed by atoms with Gasteiger partial charge in [0.1, 0.15) is 0 Å². The molecule has 0 aliphatic carbocycles. The van der Waals surface area contributed by atoms with Crippen LogP contribution >= 0.6 is 0 Å². The van der Waals surface area contributed by atoms with E-state index in [1.807, 2.05) is 14.0 Å². The van der Waals surface area contributed by atoms with E-state index in [0.29, 0.717) is 0 Å². The van der Waals surface area contributed by atoms with Gasteiger partial charge >= 0.3 is 0 Å². The molecule has 0 atom stereocenters. The Hall–Kier alpha value is -0.850. The molecule has 0 aromatic rings. The number of nitrogens with one attached hydrogen (secondary N) is 2. The van der Waals surface area contributed by atoms with Crippen LogP contribution in [0.4, 0.5) is 0 Å². The Morgan fingerprint density at radius 1 is 0.917 bits per heavy atom. The van der Waals surface area contributed by atoms with Gasteiger partial charge in [0, 0.05) is 59.5 Å². The highest BCUT2D eigenvalue weighted by atomic mass is 16.5. The van der Waals surface area contributed by atoms with Gasteiger partial charge in [-0.25, -0.2) is 0 Å². The first-order chi connectivity index (χ1) is 11.8. The second-order valence-electron chi connectivity index (χ2n) is 6.31. The Kier molecular flexibility index (Phi) is 12.8. The Morgan fingerprint density at radius 3 is 2.12 bits per heavy atom. The molecule has 6 nitrogen and oxygen atoms in total. The first-order valence-electron chi connectivity index (χ1n) is 9.77. The van der Waals surface area contributed by atoms with Crippen molar-refractivity contribution in [2.24, 2.45) is 4.99 Å². The average molecular weight is 342 g/mol. The Bertz CT molecular complexity index is 317. The molecule has 0 aromatic carbocycles. The minimum Gasteiger partial charge on any atom is -0.382 e. The van der Waals surface area contributed by atoms with Crippen LogP contribution in [0, 0.1) is 0 Å². The van der Waals surface area contributed by atoms with Crippen molar-refractivity contribution in [2.45, 2.75) is 39.5 Å². The lowest BCUT2D eigenvalue weighted by molar-refractivity contribution is 0.136. The summed E-state index contributed by atoms with van der Waals surface area (Å²) in [5, 5.41) is 6.77. The van der Waals surface area contributed by atoms with E-state index in [0.717, 1.165) is 45.1 Å². The van der Waals surface area contributed by atoms with E-state index in [2.05, 4.69) is 32.3 Å². The number of piperazine rings is 1. The van der Waals surface area contributed by atoms with Gasteiger partial charge in [-0.05, 0) is 45.7 Å². The SMILES string of the molecule is CCOCCCCNC(=NC)NCCCCN1CCN(CC)CC1. The molecule has 1 fully saturated rings. The highest BCUT2D eigenvalue weighted by molar-refractivity contribution is 5.79. The highest BCUT2D eigenvalue weighted by Crippen LogP contribution is 2.02. The van der Waals surface area contributed by atoms with E-state index < -0.39 is 0 Å². The van der Waals surface area contributed by atoms with E-state index in [4.69, 9.17) is 4.74 Å². The van der Waals surface area contributed by atoms with Crippen LogP contribution in [0.25, 0.3) is 0 Å². The molecule has 1 heterocycles. The quantitative estimate of drug-likeness (QED) is 0.319. The van der Waals surface area contributed by atoms with Gasteiger partial charge in [0.15, 0.2) is 5.96 Å². The van der Waals surface area contributed by atoms with E-state index in [1.54, 1.807) is 0 Å². The van der Waals surface area contributed by atoms with Crippen LogP contribution in [0.2, 0.25) is 0 Å². The molecule has 24 heavy (non-hydrogen) atoms. The number of guanidine groups is 1. The molecule has 0 saturated carbocycles. The van der Waals surface area contributed by atoms with Crippen molar-refractivity contribution in [3.8, 4) is 0 Å². The smallest absolute Gasteiger partial charge is 0.190 e. The van der Waals surface area contributed by atoms with Gasteiger partial charge in [0.05, 0.1) is 0 Å². The number of aliphatic imine (C=N–C) groups is 1. The van der Waals surface area contributed by atoms with Crippen molar-refractivity contribution in [3.63, 3.8) is 0 Å². The molecular weight excluding hydrogens is 302 g/mol. The molecule has 1 rings (SSSR count). The zero-order valence-electron chi connectivity index (χ0n) is 16.1. The van der Waals surface area contributed by atoms with Gasteiger partial charge in [-0.15, -0.1) is 0 Å². The summed E-state index contributed by atoms with van der Waals surface area (Å²) >= 11 is 0. The van der Waals surface area contributed by atoms with Crippen molar-refractivity contribution in [3.05, 3.63) is 0 Å². The van der Waals surface area contributed by atoms with E-state index in [1.165, 1.54) is 52.1 Å². The van der Waals surface area contributed by atoms with Gasteiger partial charge in [0.2, 0.25) is 0 Å². The first-order valence-corrected chi connectivity index (χ1v) is 9.77. The van der Waals surface area contributed by atoms with Gasteiger partial charge < -0.3 is 25.2 Å². The monoisotopic (exact) mass is 341 g/mol. The van der Waals surface area contributed by atoms with E-state index in [-0.39, 0.29) is 0 Å². The Labute approximate surface area is 149 Å². The molecular formula is C18H39N5O. The summed E-state index contributed by atoms with van der Waals surface area (Å²) in [7, 11) is 1.84. The number of nitrogens with zero attached hydrogens (tertiary/aromatic N) is 3. The predicted molar refractivity (Wildman–Crippen MR) is 103 cm³/mol. The van der Waals surface area contributed by atoms with Crippen molar-refractivity contribution in [1.82, 2.24) is 20.4 Å². The molecule has 1 aliphatic rings. The van der Waals surface area contributed by atoms with E-state index in [9.17, 15) is 0 Å². The lowest BCUT2D eigenvalue weighted by Crippen LogP contribution is -2.46. The second-order valence-corrected chi connectivity index (χ2v) is 6.31. The minimum atomic E-state index is 0.810. The van der Waals surface area contributed by atoms with Crippen molar-refractivity contribution in [1.29, 1.82) is 0 Å². The van der Waals surface area contributed by atoms with Crippen LogP contribution < -0.4 is 10.6 Å². The molecule has 6 heteroatoms. The fourth-order valence-electron chi connectivity index (χ4n) is 2.90. The third-order valence-electron chi connectivity index (χ3n) is 4.54. The summed E-state index contributed by atoms with van der Waals surface area (Å²) < 4.78 is 5.34. The zero-order chi connectivity index (χ0) is 17.5. The molecule has 1 aliphatic heterocycles. The summed E-state index contributed by atoms with van der Waals surface area (Å²) in [6, 6.07) is 0. The van der Waals surface area contributed by atoms with Crippen LogP contribution in [-0.2, 0) is 4.74 Å². The number of hydrogen-bond donors (Lipinski definition) is 2. The van der Waals surface area contributed by atoms with Crippen molar-refractivity contribution in [2.75, 3.05) is 72.6 Å². The summed E-state index contributed by atoms with van der Waals surface area (Å²) in [5.41, 5.74) is 0. The summed E-state index contributed by atoms with van der Waals surface area (Å²) in [6.07, 6.45) is 4.66. The van der Waals surface area contributed by atoms with Gasteiger partial charge in [-0.1, -0.05) is 6.92 Å². The third-order valence-corrected chi connectivity index (χ3v) is 4.54. The van der Waals surface area contributed by atoms with E-state index >= 15 is 0 Å². The van der Waals surface area contributed by atoms with Gasteiger partial charge in [-0.3, -0.25) is 4.99 Å². The lowest BCUT2D eigenvalue weighted by Gasteiger charge is -2.34. The molecule has 142 valence electrons. The molecule has 0 radical (unpaired) electrons. The number of hydrogen-bond acceptors (Lipinski definition) is 4. The summed E-state index contributed by atoms with van der Waals surface area (Å²) in [4.78, 5) is 9.40. The van der Waals surface area contributed by atoms with Gasteiger partial charge in [0.25, 0.3) is 0 Å². The predicted octanol–water partition coefficient (Wildman–Crippen LogP) is 1.39. The standard InChI is InChI=1S/C18H39N5O/c1-4-22-13-15-23(16-14-22)12-8-6-10-20-18(19-3)21-11-7-9-17-24-5-2/h4-17H2,1-3H3,(H2,19,20,21). The molecule has 1 saturated heterocycles. The molecule has 2 N–H and O–H groups in total. The van der Waals surface area contributed by atoms with Crippen molar-refractivity contribution >= 4 is 5.96 Å². The molecule has 0 amide bonds. The Morgan fingerprint density at radius 2 is 1.54 bits per heavy atom. The second kappa shape index (κ2) is 14.5. The van der Waals surface area contributed by atoms with Crippen LogP contribution in [0.15, 0.2) is 4.99 Å². The fraction of sp³-hybridized carbons (Fsp3) is 0.944. The summed E-state index contributed by atoms with van der Waals surface area (Å²) in [6.45, 7) is 15.2. The number of rotatable bonds is 12. The lowest BCUT2D eigenvalue weighted by atomic mass is 10.2. The maximum Gasteiger partial charge on any atom is 0.190 e. The molecule has 0 aromatic heterocycles. The maximum atomic E-state index is 5.34. The molecule has 0 unspecified atom stereocenters. The van der Waals surface area contributed by atoms with Crippen molar-refractivity contribution < 1.29 is 4.74 Å².